The molecule has 0 atom stereocenters. The highest BCUT2D eigenvalue weighted by Gasteiger charge is 1.87. The van der Waals surface area contributed by atoms with Crippen LogP contribution in [0.3, 0.4) is 0 Å². The lowest BCUT2D eigenvalue weighted by molar-refractivity contribution is 0.834. The van der Waals surface area contributed by atoms with E-state index in [9.17, 15) is 0 Å². The van der Waals surface area contributed by atoms with Gasteiger partial charge in [-0.3, -0.25) is 11.7 Å². The molecule has 0 heterocycles. The van der Waals surface area contributed by atoms with Crippen LogP contribution < -0.4 is 22.3 Å². The van der Waals surface area contributed by atoms with Gasteiger partial charge in [0.1, 0.15) is 8.64 Å². The van der Waals surface area contributed by atoms with Gasteiger partial charge in [-0.15, -0.1) is 25.3 Å². The maximum atomic E-state index is 4.65. The van der Waals surface area contributed by atoms with Crippen LogP contribution in [-0.4, -0.2) is 21.7 Å². The standard InChI is InChI=1S/C4H8N2S4.H4N2/c7-3(8)5-1-2-6-4(9)10;1-2/h1-2H2,(H2,5,7,8)(H2,6,9,10);1-2H2. The SMILES string of the molecule is NN.S=C(S)NCCNC(=S)S. The molecular formula is C4H12N4S4. The Hall–Kier alpha value is 0.400. The summed E-state index contributed by atoms with van der Waals surface area (Å²) in [5.74, 6) is 8.00. The lowest BCUT2D eigenvalue weighted by Crippen LogP contribution is -2.29. The molecule has 0 aromatic rings. The van der Waals surface area contributed by atoms with Gasteiger partial charge in [0.05, 0.1) is 0 Å². The summed E-state index contributed by atoms with van der Waals surface area (Å²) in [6, 6.07) is 0. The van der Waals surface area contributed by atoms with Crippen molar-refractivity contribution in [1.82, 2.24) is 10.6 Å². The van der Waals surface area contributed by atoms with Crippen LogP contribution in [0, 0.1) is 0 Å². The lowest BCUT2D eigenvalue weighted by Gasteiger charge is -2.03. The number of nitrogens with one attached hydrogen (secondary N) is 2. The van der Waals surface area contributed by atoms with Crippen LogP contribution in [0.15, 0.2) is 0 Å². The van der Waals surface area contributed by atoms with Gasteiger partial charge in [0.2, 0.25) is 0 Å². The van der Waals surface area contributed by atoms with Gasteiger partial charge in [-0.25, -0.2) is 0 Å². The molecule has 0 fully saturated rings. The number of nitrogens with two attached hydrogens (primary N) is 2. The number of hydrazine groups is 1. The number of rotatable bonds is 3. The van der Waals surface area contributed by atoms with E-state index < -0.39 is 0 Å². The summed E-state index contributed by atoms with van der Waals surface area (Å²) in [6.07, 6.45) is 0. The van der Waals surface area contributed by atoms with E-state index in [1.807, 2.05) is 0 Å². The second-order valence-electron chi connectivity index (χ2n) is 1.46. The van der Waals surface area contributed by atoms with Crippen LogP contribution in [0.1, 0.15) is 0 Å². The largest absolute Gasteiger partial charge is 0.369 e. The number of hydrogen-bond donors (Lipinski definition) is 6. The van der Waals surface area contributed by atoms with Crippen molar-refractivity contribution in [3.8, 4) is 0 Å². The fraction of sp³-hybridized carbons (Fsp3) is 0.500. The molecule has 0 aromatic heterocycles. The third-order valence-electron chi connectivity index (χ3n) is 0.677. The molecule has 8 heteroatoms. The van der Waals surface area contributed by atoms with Crippen molar-refractivity contribution >= 4 is 58.3 Å². The second kappa shape index (κ2) is 11.4. The summed E-state index contributed by atoms with van der Waals surface area (Å²) in [5.41, 5.74) is 0. The minimum atomic E-state index is 0.492. The van der Waals surface area contributed by atoms with Crippen molar-refractivity contribution < 1.29 is 0 Å². The van der Waals surface area contributed by atoms with Crippen molar-refractivity contribution in [2.75, 3.05) is 13.1 Å². The van der Waals surface area contributed by atoms with Gasteiger partial charge in [-0.2, -0.15) is 0 Å². The molecule has 0 saturated carbocycles. The van der Waals surface area contributed by atoms with Gasteiger partial charge in [0, 0.05) is 13.1 Å². The highest BCUT2D eigenvalue weighted by atomic mass is 32.1. The first-order valence-electron chi connectivity index (χ1n) is 2.90. The molecule has 0 aromatic carbocycles. The maximum Gasteiger partial charge on any atom is 0.130 e. The van der Waals surface area contributed by atoms with Crippen molar-refractivity contribution in [1.29, 1.82) is 0 Å². The fourth-order valence-corrected chi connectivity index (χ4v) is 0.767. The lowest BCUT2D eigenvalue weighted by atomic mass is 10.6. The molecule has 0 spiro atoms. The van der Waals surface area contributed by atoms with E-state index in [0.717, 1.165) is 0 Å². The van der Waals surface area contributed by atoms with Crippen LogP contribution in [0.2, 0.25) is 0 Å². The van der Waals surface area contributed by atoms with Gasteiger partial charge in [0.15, 0.2) is 0 Å². The molecule has 0 aliphatic carbocycles. The Kier molecular flexibility index (Phi) is 14.2. The van der Waals surface area contributed by atoms with Crippen molar-refractivity contribution in [3.05, 3.63) is 0 Å². The molecule has 0 radical (unpaired) electrons. The third-order valence-corrected chi connectivity index (χ3v) is 1.28. The van der Waals surface area contributed by atoms with Gasteiger partial charge in [-0.1, -0.05) is 24.4 Å². The molecule has 0 saturated heterocycles. The number of hydrogen-bond acceptors (Lipinski definition) is 4. The predicted molar refractivity (Wildman–Crippen MR) is 67.5 cm³/mol. The quantitative estimate of drug-likeness (QED) is 0.131. The molecular weight excluding hydrogens is 232 g/mol. The average Bonchev–Trinajstić information content (AvgIpc) is 2.02. The van der Waals surface area contributed by atoms with Crippen molar-refractivity contribution in [2.24, 2.45) is 11.7 Å². The summed E-state index contributed by atoms with van der Waals surface area (Å²) in [5, 5.41) is 5.68. The molecule has 6 N–H and O–H groups in total. The first kappa shape index (κ1) is 14.9. The highest BCUT2D eigenvalue weighted by Crippen LogP contribution is 1.77. The van der Waals surface area contributed by atoms with E-state index in [-0.39, 0.29) is 0 Å². The monoisotopic (exact) mass is 244 g/mol. The van der Waals surface area contributed by atoms with Crippen LogP contribution >= 0.6 is 49.7 Å². The summed E-state index contributed by atoms with van der Waals surface area (Å²) in [6.45, 7) is 1.42. The Morgan fingerprint density at radius 3 is 1.42 bits per heavy atom. The number of thiol groups is 2. The van der Waals surface area contributed by atoms with E-state index in [4.69, 9.17) is 0 Å². The van der Waals surface area contributed by atoms with E-state index in [2.05, 4.69) is 72.0 Å². The first-order chi connectivity index (χ1) is 5.63. The number of thiocarbonyl (C=S) groups is 2. The Morgan fingerprint density at radius 1 is 1.00 bits per heavy atom. The zero-order valence-corrected chi connectivity index (χ0v) is 9.70. The fourth-order valence-electron chi connectivity index (χ4n) is 0.339. The van der Waals surface area contributed by atoms with E-state index in [0.29, 0.717) is 21.7 Å². The summed E-state index contributed by atoms with van der Waals surface area (Å²) in [4.78, 5) is 0. The van der Waals surface area contributed by atoms with Crippen LogP contribution in [-0.2, 0) is 0 Å². The summed E-state index contributed by atoms with van der Waals surface area (Å²) in [7, 11) is 0. The second-order valence-corrected chi connectivity index (χ2v) is 3.78. The summed E-state index contributed by atoms with van der Waals surface area (Å²) < 4.78 is 0.985. The van der Waals surface area contributed by atoms with E-state index in [1.54, 1.807) is 0 Å². The molecule has 0 unspecified atom stereocenters. The van der Waals surface area contributed by atoms with Crippen LogP contribution in [0.25, 0.3) is 0 Å². The molecule has 0 bridgehead atoms. The smallest absolute Gasteiger partial charge is 0.130 e. The van der Waals surface area contributed by atoms with Gasteiger partial charge in [0.25, 0.3) is 0 Å². The van der Waals surface area contributed by atoms with Crippen LogP contribution in [0.5, 0.6) is 0 Å². The zero-order valence-electron chi connectivity index (χ0n) is 6.28. The first-order valence-corrected chi connectivity index (χ1v) is 4.61. The Bertz CT molecular complexity index is 123. The van der Waals surface area contributed by atoms with E-state index >= 15 is 0 Å². The average molecular weight is 244 g/mol. The van der Waals surface area contributed by atoms with Crippen molar-refractivity contribution in [2.45, 2.75) is 0 Å². The van der Waals surface area contributed by atoms with E-state index in [1.165, 1.54) is 0 Å². The van der Waals surface area contributed by atoms with Crippen molar-refractivity contribution in [3.63, 3.8) is 0 Å². The Balaban J connectivity index is 0. The Labute approximate surface area is 93.6 Å². The zero-order chi connectivity index (χ0) is 9.98. The van der Waals surface area contributed by atoms with Gasteiger partial charge >= 0.3 is 0 Å². The predicted octanol–water partition coefficient (Wildman–Crippen LogP) is -0.586. The highest BCUT2D eigenvalue weighted by molar-refractivity contribution is 8.11. The van der Waals surface area contributed by atoms with Gasteiger partial charge in [-0.05, 0) is 0 Å². The molecule has 0 aliphatic heterocycles. The molecule has 0 rings (SSSR count). The maximum absolute atomic E-state index is 4.65. The molecule has 72 valence electrons. The topological polar surface area (TPSA) is 76.1 Å². The molecule has 0 aliphatic rings. The molecule has 12 heavy (non-hydrogen) atoms. The minimum absolute atomic E-state index is 0.492. The van der Waals surface area contributed by atoms with Crippen LogP contribution in [0.4, 0.5) is 0 Å². The summed E-state index contributed by atoms with van der Waals surface area (Å²) >= 11 is 17.0. The minimum Gasteiger partial charge on any atom is -0.369 e. The molecule has 0 amide bonds. The van der Waals surface area contributed by atoms with Gasteiger partial charge < -0.3 is 10.6 Å². The molecule has 4 nitrogen and oxygen atoms in total. The Morgan fingerprint density at radius 2 is 1.25 bits per heavy atom. The normalized spacial score (nSPS) is 7.67. The third kappa shape index (κ3) is 16.8.